The summed E-state index contributed by atoms with van der Waals surface area (Å²) in [5.74, 6) is -0.0336. The van der Waals surface area contributed by atoms with Crippen LogP contribution in [0.1, 0.15) is 56.6 Å². The fourth-order valence-corrected chi connectivity index (χ4v) is 5.50. The first-order valence-corrected chi connectivity index (χ1v) is 13.3. The monoisotopic (exact) mass is 501 g/mol. The van der Waals surface area contributed by atoms with Gasteiger partial charge in [-0.1, -0.05) is 19.9 Å². The van der Waals surface area contributed by atoms with Crippen LogP contribution in [-0.4, -0.2) is 83.6 Å². The Hall–Kier alpha value is -2.52. The Kier molecular flexibility index (Phi) is 8.95. The number of para-hydroxylation sites is 1. The molecule has 0 radical (unpaired) electrons. The van der Waals surface area contributed by atoms with E-state index in [1.54, 1.807) is 23.8 Å². The highest BCUT2D eigenvalue weighted by Gasteiger charge is 2.37. The summed E-state index contributed by atoms with van der Waals surface area (Å²) in [7, 11) is 1.66. The van der Waals surface area contributed by atoms with E-state index in [-0.39, 0.29) is 41.3 Å². The molecule has 2 aromatic rings. The van der Waals surface area contributed by atoms with Crippen LogP contribution in [0.15, 0.2) is 18.2 Å². The molecule has 2 aliphatic rings. The molecule has 36 heavy (non-hydrogen) atoms. The molecule has 0 aliphatic carbocycles. The SMILES string of the molecule is COCCCCn1c(C(=O)N(CC(C)C)[C@@H]2CNC[C@H](C(=O)N3CCCC3)C2)nc2cccc(F)c21. The van der Waals surface area contributed by atoms with Gasteiger partial charge in [-0.25, -0.2) is 9.37 Å². The van der Waals surface area contributed by atoms with Crippen LogP contribution in [0.3, 0.4) is 0 Å². The van der Waals surface area contributed by atoms with E-state index >= 15 is 0 Å². The number of carbonyl (C=O) groups is 2. The molecule has 9 heteroatoms. The number of aryl methyl sites for hydroxylation is 1. The van der Waals surface area contributed by atoms with Crippen molar-refractivity contribution in [2.24, 2.45) is 11.8 Å². The van der Waals surface area contributed by atoms with Crippen LogP contribution in [0, 0.1) is 17.7 Å². The van der Waals surface area contributed by atoms with Crippen LogP contribution in [0.2, 0.25) is 0 Å². The van der Waals surface area contributed by atoms with Gasteiger partial charge in [0.25, 0.3) is 5.91 Å². The predicted octanol–water partition coefficient (Wildman–Crippen LogP) is 3.30. The average Bonchev–Trinajstić information content (AvgIpc) is 3.53. The number of hydrogen-bond donors (Lipinski definition) is 1. The molecule has 0 unspecified atom stereocenters. The minimum Gasteiger partial charge on any atom is -0.385 e. The smallest absolute Gasteiger partial charge is 0.290 e. The Bertz CT molecular complexity index is 1050. The molecule has 1 aromatic carbocycles. The number of rotatable bonds is 10. The predicted molar refractivity (Wildman–Crippen MR) is 137 cm³/mol. The number of likely N-dealkylation sites (tertiary alicyclic amines) is 1. The number of methoxy groups -OCH3 is 1. The van der Waals surface area contributed by atoms with E-state index in [2.05, 4.69) is 24.1 Å². The van der Waals surface area contributed by atoms with Crippen molar-refractivity contribution in [2.75, 3.05) is 46.4 Å². The van der Waals surface area contributed by atoms with E-state index in [1.165, 1.54) is 6.07 Å². The zero-order valence-corrected chi connectivity index (χ0v) is 21.8. The molecule has 2 amide bonds. The first-order chi connectivity index (χ1) is 17.4. The second kappa shape index (κ2) is 12.1. The van der Waals surface area contributed by atoms with Crippen molar-refractivity contribution < 1.29 is 18.7 Å². The van der Waals surface area contributed by atoms with E-state index in [4.69, 9.17) is 4.74 Å². The molecule has 2 atom stereocenters. The summed E-state index contributed by atoms with van der Waals surface area (Å²) in [5, 5.41) is 3.41. The molecule has 1 aromatic heterocycles. The number of hydrogen-bond acceptors (Lipinski definition) is 5. The Morgan fingerprint density at radius 2 is 2.00 bits per heavy atom. The summed E-state index contributed by atoms with van der Waals surface area (Å²) in [6.45, 7) is 8.72. The molecule has 4 rings (SSSR count). The molecular formula is C27H40FN5O3. The number of fused-ring (bicyclic) bond motifs is 1. The topological polar surface area (TPSA) is 79.7 Å². The van der Waals surface area contributed by atoms with Crippen LogP contribution in [0.25, 0.3) is 11.0 Å². The first-order valence-electron chi connectivity index (χ1n) is 13.3. The summed E-state index contributed by atoms with van der Waals surface area (Å²) < 4.78 is 21.8. The highest BCUT2D eigenvalue weighted by atomic mass is 19.1. The third-order valence-corrected chi connectivity index (χ3v) is 7.25. The van der Waals surface area contributed by atoms with Crippen molar-refractivity contribution in [1.29, 1.82) is 0 Å². The minimum absolute atomic E-state index is 0.128. The van der Waals surface area contributed by atoms with Gasteiger partial charge in [-0.15, -0.1) is 0 Å². The summed E-state index contributed by atoms with van der Waals surface area (Å²) >= 11 is 0. The van der Waals surface area contributed by atoms with Crippen molar-refractivity contribution in [3.05, 3.63) is 29.8 Å². The molecular weight excluding hydrogens is 461 g/mol. The molecule has 0 bridgehead atoms. The maximum absolute atomic E-state index is 14.9. The molecule has 2 fully saturated rings. The molecule has 2 aliphatic heterocycles. The third kappa shape index (κ3) is 5.89. The Morgan fingerprint density at radius 3 is 2.72 bits per heavy atom. The lowest BCUT2D eigenvalue weighted by Crippen LogP contribution is -2.55. The van der Waals surface area contributed by atoms with Crippen molar-refractivity contribution in [1.82, 2.24) is 24.7 Å². The summed E-state index contributed by atoms with van der Waals surface area (Å²) in [6, 6.07) is 4.66. The standard InChI is InChI=1S/C27H40FN5O3/c1-19(2)18-33(21-15-20(16-29-17-21)26(34)31-11-4-5-12-31)27(35)25-30-23-10-8-9-22(28)24(23)32(25)13-6-7-14-36-3/h8-10,19-21,29H,4-7,11-18H2,1-3H3/t20-,21+/m1/s1. The summed E-state index contributed by atoms with van der Waals surface area (Å²) in [5.41, 5.74) is 0.852. The van der Waals surface area contributed by atoms with E-state index in [9.17, 15) is 14.0 Å². The van der Waals surface area contributed by atoms with E-state index in [0.717, 1.165) is 38.8 Å². The van der Waals surface area contributed by atoms with Crippen LogP contribution < -0.4 is 5.32 Å². The largest absolute Gasteiger partial charge is 0.385 e. The van der Waals surface area contributed by atoms with Gasteiger partial charge in [0, 0.05) is 59.0 Å². The molecule has 0 saturated carbocycles. The number of amides is 2. The van der Waals surface area contributed by atoms with Gasteiger partial charge in [0.15, 0.2) is 5.82 Å². The number of unbranched alkanes of at least 4 members (excludes halogenated alkanes) is 1. The van der Waals surface area contributed by atoms with Gasteiger partial charge in [-0.05, 0) is 50.2 Å². The average molecular weight is 502 g/mol. The van der Waals surface area contributed by atoms with E-state index in [1.807, 2.05) is 9.80 Å². The molecule has 1 N–H and O–H groups in total. The fraction of sp³-hybridized carbons (Fsp3) is 0.667. The quantitative estimate of drug-likeness (QED) is 0.506. The molecule has 198 valence electrons. The minimum atomic E-state index is -0.378. The van der Waals surface area contributed by atoms with Gasteiger partial charge in [0.2, 0.25) is 5.91 Å². The molecule has 8 nitrogen and oxygen atoms in total. The number of carbonyl (C=O) groups excluding carboxylic acids is 2. The highest BCUT2D eigenvalue weighted by molar-refractivity contribution is 5.95. The Balaban J connectivity index is 1.61. The lowest BCUT2D eigenvalue weighted by atomic mass is 9.92. The maximum Gasteiger partial charge on any atom is 0.290 e. The molecule has 0 spiro atoms. The van der Waals surface area contributed by atoms with Crippen LogP contribution >= 0.6 is 0 Å². The van der Waals surface area contributed by atoms with Crippen molar-refractivity contribution in [3.63, 3.8) is 0 Å². The normalized spacial score (nSPS) is 20.4. The van der Waals surface area contributed by atoms with Gasteiger partial charge in [-0.3, -0.25) is 9.59 Å². The van der Waals surface area contributed by atoms with Crippen LogP contribution in [0.4, 0.5) is 4.39 Å². The molecule has 3 heterocycles. The highest BCUT2D eigenvalue weighted by Crippen LogP contribution is 2.26. The van der Waals surface area contributed by atoms with Gasteiger partial charge >= 0.3 is 0 Å². The van der Waals surface area contributed by atoms with E-state index in [0.29, 0.717) is 50.2 Å². The number of imidazole rings is 1. The van der Waals surface area contributed by atoms with E-state index < -0.39 is 0 Å². The zero-order chi connectivity index (χ0) is 25.7. The van der Waals surface area contributed by atoms with Crippen molar-refractivity contribution >= 4 is 22.8 Å². The zero-order valence-electron chi connectivity index (χ0n) is 21.8. The van der Waals surface area contributed by atoms with Crippen molar-refractivity contribution in [3.8, 4) is 0 Å². The summed E-state index contributed by atoms with van der Waals surface area (Å²) in [4.78, 5) is 35.6. The van der Waals surface area contributed by atoms with Gasteiger partial charge in [0.05, 0.1) is 11.4 Å². The van der Waals surface area contributed by atoms with Gasteiger partial charge in [0.1, 0.15) is 11.3 Å². The molecule has 2 saturated heterocycles. The first kappa shape index (κ1) is 26.5. The van der Waals surface area contributed by atoms with Crippen LogP contribution in [-0.2, 0) is 16.1 Å². The number of ether oxygens (including phenoxy) is 1. The number of nitrogens with zero attached hydrogens (tertiary/aromatic N) is 4. The number of aromatic nitrogens is 2. The van der Waals surface area contributed by atoms with Crippen molar-refractivity contribution in [2.45, 2.75) is 58.5 Å². The summed E-state index contributed by atoms with van der Waals surface area (Å²) in [6.07, 6.45) is 4.30. The number of piperidine rings is 1. The van der Waals surface area contributed by atoms with Crippen LogP contribution in [0.5, 0.6) is 0 Å². The van der Waals surface area contributed by atoms with Gasteiger partial charge < -0.3 is 24.4 Å². The second-order valence-electron chi connectivity index (χ2n) is 10.5. The number of halogens is 1. The van der Waals surface area contributed by atoms with Gasteiger partial charge in [-0.2, -0.15) is 0 Å². The maximum atomic E-state index is 14.9. The second-order valence-corrected chi connectivity index (χ2v) is 10.5. The lowest BCUT2D eigenvalue weighted by Gasteiger charge is -2.39. The Morgan fingerprint density at radius 1 is 1.22 bits per heavy atom. The Labute approximate surface area is 213 Å². The fourth-order valence-electron chi connectivity index (χ4n) is 5.50. The number of nitrogens with one attached hydrogen (secondary N) is 1. The number of benzene rings is 1. The lowest BCUT2D eigenvalue weighted by molar-refractivity contribution is -0.135. The third-order valence-electron chi connectivity index (χ3n) is 7.25.